The molecule has 0 saturated carbocycles. The van der Waals surface area contributed by atoms with Gasteiger partial charge in [0, 0.05) is 6.21 Å². The first-order chi connectivity index (χ1) is 8.70. The lowest BCUT2D eigenvalue weighted by Crippen LogP contribution is -1.87. The lowest BCUT2D eigenvalue weighted by molar-refractivity contribution is 0.373. The highest BCUT2D eigenvalue weighted by atomic mass is 16.5. The van der Waals surface area contributed by atoms with Crippen molar-refractivity contribution in [3.8, 4) is 11.5 Å². The third kappa shape index (κ3) is 2.69. The zero-order valence-corrected chi connectivity index (χ0v) is 10.4. The molecule has 0 unspecified atom stereocenters. The van der Waals surface area contributed by atoms with E-state index in [0.29, 0.717) is 5.75 Å². The minimum atomic E-state index is 0.130. The van der Waals surface area contributed by atoms with Crippen LogP contribution in [0.1, 0.15) is 11.1 Å². The maximum absolute atomic E-state index is 9.49. The van der Waals surface area contributed by atoms with Crippen LogP contribution in [0.25, 0.3) is 0 Å². The molecule has 0 aliphatic rings. The molecule has 0 aliphatic heterocycles. The van der Waals surface area contributed by atoms with E-state index in [-0.39, 0.29) is 5.75 Å². The Morgan fingerprint density at radius 3 is 2.67 bits per heavy atom. The largest absolute Gasteiger partial charge is 0.504 e. The molecule has 3 nitrogen and oxygen atoms in total. The second kappa shape index (κ2) is 5.36. The first-order valence-electron chi connectivity index (χ1n) is 5.67. The molecule has 0 fully saturated rings. The number of phenolic OH excluding ortho intramolecular Hbond substituents is 1. The summed E-state index contributed by atoms with van der Waals surface area (Å²) in [6, 6.07) is 13.1. The molecular formula is C15H15NO2. The van der Waals surface area contributed by atoms with Gasteiger partial charge in [0.2, 0.25) is 0 Å². The van der Waals surface area contributed by atoms with Gasteiger partial charge >= 0.3 is 0 Å². The normalized spacial score (nSPS) is 10.8. The molecule has 92 valence electrons. The molecule has 0 atom stereocenters. The van der Waals surface area contributed by atoms with Gasteiger partial charge in [0.25, 0.3) is 0 Å². The Morgan fingerprint density at radius 2 is 1.94 bits per heavy atom. The molecule has 0 saturated heterocycles. The van der Waals surface area contributed by atoms with E-state index in [1.54, 1.807) is 24.4 Å². The van der Waals surface area contributed by atoms with Crippen molar-refractivity contribution < 1.29 is 9.84 Å². The van der Waals surface area contributed by atoms with Crippen LogP contribution in [0, 0.1) is 6.92 Å². The number of aliphatic imine (C=N–C) groups is 1. The van der Waals surface area contributed by atoms with Crippen molar-refractivity contribution in [3.05, 3.63) is 53.6 Å². The average Bonchev–Trinajstić information content (AvgIpc) is 2.39. The van der Waals surface area contributed by atoms with E-state index in [9.17, 15) is 5.11 Å². The first-order valence-corrected chi connectivity index (χ1v) is 5.67. The van der Waals surface area contributed by atoms with E-state index in [4.69, 9.17) is 4.74 Å². The Morgan fingerprint density at radius 1 is 1.17 bits per heavy atom. The van der Waals surface area contributed by atoms with E-state index in [0.717, 1.165) is 16.8 Å². The molecule has 0 aliphatic carbocycles. The molecule has 0 spiro atoms. The number of hydrogen-bond acceptors (Lipinski definition) is 3. The standard InChI is InChI=1S/C15H15NO2/c1-11-5-3-4-6-13(11)16-10-12-7-8-14(17)15(9-12)18-2/h3-10,17H,1-2H3. The van der Waals surface area contributed by atoms with Gasteiger partial charge < -0.3 is 9.84 Å². The van der Waals surface area contributed by atoms with Gasteiger partial charge in [-0.25, -0.2) is 0 Å². The molecule has 3 heteroatoms. The van der Waals surface area contributed by atoms with Gasteiger partial charge in [-0.2, -0.15) is 0 Å². The number of aryl methyl sites for hydroxylation is 1. The lowest BCUT2D eigenvalue weighted by Gasteiger charge is -2.03. The molecule has 2 rings (SSSR count). The Kier molecular flexibility index (Phi) is 3.63. The Hall–Kier alpha value is -2.29. The average molecular weight is 241 g/mol. The van der Waals surface area contributed by atoms with Crippen LogP contribution in [0.2, 0.25) is 0 Å². The predicted molar refractivity (Wildman–Crippen MR) is 73.1 cm³/mol. The summed E-state index contributed by atoms with van der Waals surface area (Å²) < 4.78 is 5.05. The molecule has 2 aromatic rings. The molecule has 2 aromatic carbocycles. The van der Waals surface area contributed by atoms with Crippen LogP contribution in [0.4, 0.5) is 5.69 Å². The van der Waals surface area contributed by atoms with E-state index in [1.165, 1.54) is 7.11 Å². The highest BCUT2D eigenvalue weighted by Gasteiger charge is 2.01. The van der Waals surface area contributed by atoms with Gasteiger partial charge in [-0.05, 0) is 42.3 Å². The SMILES string of the molecule is COc1cc(C=Nc2ccccc2C)ccc1O. The topological polar surface area (TPSA) is 41.8 Å². The van der Waals surface area contributed by atoms with Crippen molar-refractivity contribution >= 4 is 11.9 Å². The summed E-state index contributed by atoms with van der Waals surface area (Å²) in [5.74, 6) is 0.578. The van der Waals surface area contributed by atoms with Gasteiger partial charge in [0.15, 0.2) is 11.5 Å². The minimum absolute atomic E-state index is 0.130. The third-order valence-electron chi connectivity index (χ3n) is 2.67. The zero-order valence-electron chi connectivity index (χ0n) is 10.4. The Balaban J connectivity index is 2.27. The van der Waals surface area contributed by atoms with Crippen LogP contribution in [-0.4, -0.2) is 18.4 Å². The highest BCUT2D eigenvalue weighted by molar-refractivity contribution is 5.83. The summed E-state index contributed by atoms with van der Waals surface area (Å²) in [6.45, 7) is 2.02. The second-order valence-corrected chi connectivity index (χ2v) is 3.98. The monoisotopic (exact) mass is 241 g/mol. The summed E-state index contributed by atoms with van der Waals surface area (Å²) in [5.41, 5.74) is 2.94. The molecule has 0 amide bonds. The number of benzene rings is 2. The summed E-state index contributed by atoms with van der Waals surface area (Å²) in [7, 11) is 1.53. The van der Waals surface area contributed by atoms with Crippen molar-refractivity contribution in [1.82, 2.24) is 0 Å². The highest BCUT2D eigenvalue weighted by Crippen LogP contribution is 2.26. The number of methoxy groups -OCH3 is 1. The third-order valence-corrected chi connectivity index (χ3v) is 2.67. The van der Waals surface area contributed by atoms with E-state index < -0.39 is 0 Å². The van der Waals surface area contributed by atoms with E-state index in [1.807, 2.05) is 31.2 Å². The minimum Gasteiger partial charge on any atom is -0.504 e. The van der Waals surface area contributed by atoms with Crippen molar-refractivity contribution in [2.45, 2.75) is 6.92 Å². The van der Waals surface area contributed by atoms with Gasteiger partial charge in [0.05, 0.1) is 12.8 Å². The number of nitrogens with zero attached hydrogens (tertiary/aromatic N) is 1. The van der Waals surface area contributed by atoms with Gasteiger partial charge in [-0.15, -0.1) is 0 Å². The molecule has 1 N–H and O–H groups in total. The Labute approximate surface area is 106 Å². The van der Waals surface area contributed by atoms with Gasteiger partial charge in [0.1, 0.15) is 0 Å². The van der Waals surface area contributed by atoms with Crippen LogP contribution in [-0.2, 0) is 0 Å². The zero-order chi connectivity index (χ0) is 13.0. The molecule has 0 heterocycles. The summed E-state index contributed by atoms with van der Waals surface area (Å²) >= 11 is 0. The lowest BCUT2D eigenvalue weighted by atomic mass is 10.2. The van der Waals surface area contributed by atoms with Crippen molar-refractivity contribution in [1.29, 1.82) is 0 Å². The number of hydrogen-bond donors (Lipinski definition) is 1. The molecule has 0 radical (unpaired) electrons. The van der Waals surface area contributed by atoms with Crippen molar-refractivity contribution in [2.24, 2.45) is 4.99 Å². The number of ether oxygens (including phenoxy) is 1. The molecular weight excluding hydrogens is 226 g/mol. The fraction of sp³-hybridized carbons (Fsp3) is 0.133. The summed E-state index contributed by atoms with van der Waals surface area (Å²) in [4.78, 5) is 4.42. The summed E-state index contributed by atoms with van der Waals surface area (Å²) in [6.07, 6.45) is 1.75. The number of aromatic hydroxyl groups is 1. The fourth-order valence-electron chi connectivity index (χ4n) is 1.63. The Bertz CT molecular complexity index is 576. The van der Waals surface area contributed by atoms with Crippen LogP contribution < -0.4 is 4.74 Å². The van der Waals surface area contributed by atoms with Crippen LogP contribution in [0.3, 0.4) is 0 Å². The second-order valence-electron chi connectivity index (χ2n) is 3.98. The molecule has 18 heavy (non-hydrogen) atoms. The number of rotatable bonds is 3. The number of para-hydroxylation sites is 1. The molecule has 0 aromatic heterocycles. The van der Waals surface area contributed by atoms with Crippen LogP contribution >= 0.6 is 0 Å². The van der Waals surface area contributed by atoms with E-state index in [2.05, 4.69) is 4.99 Å². The smallest absolute Gasteiger partial charge is 0.161 e. The van der Waals surface area contributed by atoms with Gasteiger partial charge in [-0.3, -0.25) is 4.99 Å². The van der Waals surface area contributed by atoms with Crippen LogP contribution in [0.15, 0.2) is 47.5 Å². The molecule has 0 bridgehead atoms. The number of phenols is 1. The summed E-state index contributed by atoms with van der Waals surface area (Å²) in [5, 5.41) is 9.49. The van der Waals surface area contributed by atoms with Crippen LogP contribution in [0.5, 0.6) is 11.5 Å². The predicted octanol–water partition coefficient (Wildman–Crippen LogP) is 3.46. The first kappa shape index (κ1) is 12.2. The quantitative estimate of drug-likeness (QED) is 0.836. The fourth-order valence-corrected chi connectivity index (χ4v) is 1.63. The van der Waals surface area contributed by atoms with Crippen molar-refractivity contribution in [2.75, 3.05) is 7.11 Å². The van der Waals surface area contributed by atoms with E-state index >= 15 is 0 Å². The van der Waals surface area contributed by atoms with Crippen molar-refractivity contribution in [3.63, 3.8) is 0 Å². The maximum atomic E-state index is 9.49. The maximum Gasteiger partial charge on any atom is 0.161 e. The van der Waals surface area contributed by atoms with Gasteiger partial charge in [-0.1, -0.05) is 18.2 Å².